The Morgan fingerprint density at radius 3 is 2.76 bits per heavy atom. The Kier molecular flexibility index (Phi) is 7.28. The molecule has 0 fully saturated rings. The lowest BCUT2D eigenvalue weighted by Crippen LogP contribution is -2.21. The average molecular weight is 394 g/mol. The second-order valence-corrected chi connectivity index (χ2v) is 7.58. The molecular formula is C24H31N3O2. The Morgan fingerprint density at radius 2 is 1.93 bits per heavy atom. The molecule has 5 heteroatoms. The fourth-order valence-corrected chi connectivity index (χ4v) is 3.49. The van der Waals surface area contributed by atoms with Crippen LogP contribution in [0.15, 0.2) is 42.5 Å². The monoisotopic (exact) mass is 393 g/mol. The van der Waals surface area contributed by atoms with Crippen LogP contribution in [0.5, 0.6) is 5.75 Å². The van der Waals surface area contributed by atoms with Crippen molar-refractivity contribution in [2.75, 3.05) is 13.2 Å². The lowest BCUT2D eigenvalue weighted by atomic mass is 10.1. The highest BCUT2D eigenvalue weighted by atomic mass is 16.5. The van der Waals surface area contributed by atoms with Gasteiger partial charge in [0.25, 0.3) is 0 Å². The first kappa shape index (κ1) is 20.9. The number of rotatable bonds is 10. The Labute approximate surface area is 173 Å². The number of fused-ring (bicyclic) bond motifs is 1. The van der Waals surface area contributed by atoms with E-state index in [1.54, 1.807) is 6.92 Å². The number of aryl methyl sites for hydroxylation is 4. The molecule has 154 valence electrons. The molecule has 0 spiro atoms. The van der Waals surface area contributed by atoms with Gasteiger partial charge in [0.15, 0.2) is 0 Å². The number of nitrogens with one attached hydrogen (secondary N) is 1. The maximum Gasteiger partial charge on any atom is 0.216 e. The molecule has 0 aliphatic rings. The zero-order valence-corrected chi connectivity index (χ0v) is 17.7. The quantitative estimate of drug-likeness (QED) is 0.513. The number of ether oxygens (including phenoxy) is 1. The number of hydrogen-bond acceptors (Lipinski definition) is 3. The molecule has 0 saturated carbocycles. The predicted molar refractivity (Wildman–Crippen MR) is 117 cm³/mol. The standard InChI is InChI=1S/C24H31N3O2/c1-18-12-13-19(2)23(17-18)29-16-7-6-15-27-22-10-5-4-9-21(22)26-24(27)11-8-14-25-20(3)28/h4-5,9-10,12-13,17H,6-8,11,14-16H2,1-3H3,(H,25,28). The van der Waals surface area contributed by atoms with Crippen molar-refractivity contribution >= 4 is 16.9 Å². The highest BCUT2D eigenvalue weighted by Crippen LogP contribution is 2.20. The first-order valence-electron chi connectivity index (χ1n) is 10.4. The molecule has 0 aliphatic carbocycles. The van der Waals surface area contributed by atoms with Gasteiger partial charge in [0, 0.05) is 26.4 Å². The van der Waals surface area contributed by atoms with Gasteiger partial charge in [-0.3, -0.25) is 4.79 Å². The first-order valence-corrected chi connectivity index (χ1v) is 10.4. The van der Waals surface area contributed by atoms with E-state index in [1.165, 1.54) is 16.6 Å². The van der Waals surface area contributed by atoms with Crippen LogP contribution in [0.2, 0.25) is 0 Å². The van der Waals surface area contributed by atoms with Crippen molar-refractivity contribution in [1.29, 1.82) is 0 Å². The molecule has 1 N–H and O–H groups in total. The molecule has 3 rings (SSSR count). The fourth-order valence-electron chi connectivity index (χ4n) is 3.49. The maximum atomic E-state index is 11.1. The molecule has 2 aromatic carbocycles. The first-order chi connectivity index (χ1) is 14.0. The van der Waals surface area contributed by atoms with E-state index in [0.717, 1.165) is 55.9 Å². The van der Waals surface area contributed by atoms with Gasteiger partial charge in [-0.05, 0) is 62.4 Å². The van der Waals surface area contributed by atoms with Crippen molar-refractivity contribution in [3.05, 3.63) is 59.4 Å². The highest BCUT2D eigenvalue weighted by Gasteiger charge is 2.10. The number of amides is 1. The van der Waals surface area contributed by atoms with E-state index in [2.05, 4.69) is 60.1 Å². The summed E-state index contributed by atoms with van der Waals surface area (Å²) in [4.78, 5) is 15.9. The van der Waals surface area contributed by atoms with Gasteiger partial charge in [-0.15, -0.1) is 0 Å². The van der Waals surface area contributed by atoms with Crippen molar-refractivity contribution in [2.45, 2.75) is 53.0 Å². The molecule has 1 heterocycles. The van der Waals surface area contributed by atoms with Crippen LogP contribution in [-0.4, -0.2) is 28.6 Å². The van der Waals surface area contributed by atoms with Crippen LogP contribution < -0.4 is 10.1 Å². The lowest BCUT2D eigenvalue weighted by Gasteiger charge is -2.12. The summed E-state index contributed by atoms with van der Waals surface area (Å²) < 4.78 is 8.31. The number of hydrogen-bond donors (Lipinski definition) is 1. The number of unbranched alkanes of at least 4 members (excludes halogenated alkanes) is 1. The molecule has 0 aliphatic heterocycles. The third kappa shape index (κ3) is 5.83. The second kappa shape index (κ2) is 10.1. The number of carbonyl (C=O) groups excluding carboxylic acids is 1. The summed E-state index contributed by atoms with van der Waals surface area (Å²) in [5.74, 6) is 2.09. The number of imidazole rings is 1. The number of benzene rings is 2. The zero-order chi connectivity index (χ0) is 20.6. The maximum absolute atomic E-state index is 11.1. The van der Waals surface area contributed by atoms with E-state index >= 15 is 0 Å². The molecule has 3 aromatic rings. The Morgan fingerprint density at radius 1 is 1.10 bits per heavy atom. The van der Waals surface area contributed by atoms with Crippen LogP contribution in [-0.2, 0) is 17.8 Å². The average Bonchev–Trinajstić information content (AvgIpc) is 3.05. The van der Waals surface area contributed by atoms with Gasteiger partial charge in [-0.1, -0.05) is 24.3 Å². The zero-order valence-electron chi connectivity index (χ0n) is 17.7. The van der Waals surface area contributed by atoms with Crippen molar-refractivity contribution in [2.24, 2.45) is 0 Å². The number of para-hydroxylation sites is 2. The lowest BCUT2D eigenvalue weighted by molar-refractivity contribution is -0.118. The van der Waals surface area contributed by atoms with Gasteiger partial charge in [-0.2, -0.15) is 0 Å². The molecule has 0 bridgehead atoms. The van der Waals surface area contributed by atoms with Crippen LogP contribution in [0.1, 0.15) is 43.1 Å². The van der Waals surface area contributed by atoms with Crippen LogP contribution >= 0.6 is 0 Å². The van der Waals surface area contributed by atoms with Crippen molar-refractivity contribution in [3.63, 3.8) is 0 Å². The second-order valence-electron chi connectivity index (χ2n) is 7.58. The van der Waals surface area contributed by atoms with Crippen molar-refractivity contribution in [1.82, 2.24) is 14.9 Å². The van der Waals surface area contributed by atoms with Gasteiger partial charge >= 0.3 is 0 Å². The highest BCUT2D eigenvalue weighted by molar-refractivity contribution is 5.76. The normalized spacial score (nSPS) is 11.0. The summed E-state index contributed by atoms with van der Waals surface area (Å²) in [6, 6.07) is 14.6. The largest absolute Gasteiger partial charge is 0.493 e. The minimum absolute atomic E-state index is 0.0161. The van der Waals surface area contributed by atoms with E-state index in [9.17, 15) is 4.79 Å². The third-order valence-corrected chi connectivity index (χ3v) is 5.06. The molecule has 1 aromatic heterocycles. The van der Waals surface area contributed by atoms with Crippen LogP contribution in [0.3, 0.4) is 0 Å². The smallest absolute Gasteiger partial charge is 0.216 e. The molecular weight excluding hydrogens is 362 g/mol. The number of aromatic nitrogens is 2. The summed E-state index contributed by atoms with van der Waals surface area (Å²) in [6.45, 7) is 8.04. The van der Waals surface area contributed by atoms with Crippen LogP contribution in [0.4, 0.5) is 0 Å². The molecule has 29 heavy (non-hydrogen) atoms. The van der Waals surface area contributed by atoms with E-state index in [0.29, 0.717) is 6.54 Å². The Balaban J connectivity index is 1.56. The summed E-state index contributed by atoms with van der Waals surface area (Å²) in [6.07, 6.45) is 3.77. The Hall–Kier alpha value is -2.82. The Bertz CT molecular complexity index is 962. The number of nitrogens with zero attached hydrogens (tertiary/aromatic N) is 2. The van der Waals surface area contributed by atoms with Crippen molar-refractivity contribution < 1.29 is 9.53 Å². The predicted octanol–water partition coefficient (Wildman–Crippen LogP) is 4.58. The van der Waals surface area contributed by atoms with Gasteiger partial charge in [-0.25, -0.2) is 4.98 Å². The number of carbonyl (C=O) groups is 1. The van der Waals surface area contributed by atoms with E-state index in [4.69, 9.17) is 9.72 Å². The minimum Gasteiger partial charge on any atom is -0.493 e. The van der Waals surface area contributed by atoms with Gasteiger partial charge in [0.2, 0.25) is 5.91 Å². The van der Waals surface area contributed by atoms with E-state index in [1.807, 2.05) is 6.07 Å². The molecule has 0 saturated heterocycles. The van der Waals surface area contributed by atoms with Gasteiger partial charge in [0.05, 0.1) is 17.6 Å². The molecule has 0 unspecified atom stereocenters. The SMILES string of the molecule is CC(=O)NCCCc1nc2ccccc2n1CCCCOc1cc(C)ccc1C. The molecule has 1 amide bonds. The van der Waals surface area contributed by atoms with E-state index < -0.39 is 0 Å². The molecule has 5 nitrogen and oxygen atoms in total. The van der Waals surface area contributed by atoms with Crippen LogP contribution in [0.25, 0.3) is 11.0 Å². The molecule has 0 atom stereocenters. The summed E-state index contributed by atoms with van der Waals surface area (Å²) >= 11 is 0. The van der Waals surface area contributed by atoms with Gasteiger partial charge < -0.3 is 14.6 Å². The third-order valence-electron chi connectivity index (χ3n) is 5.06. The summed E-state index contributed by atoms with van der Waals surface area (Å²) in [7, 11) is 0. The summed E-state index contributed by atoms with van der Waals surface area (Å²) in [5, 5.41) is 2.86. The minimum atomic E-state index is 0.0161. The molecule has 0 radical (unpaired) electrons. The topological polar surface area (TPSA) is 56.2 Å². The fraction of sp³-hybridized carbons (Fsp3) is 0.417. The van der Waals surface area contributed by atoms with Crippen LogP contribution in [0, 0.1) is 13.8 Å². The van der Waals surface area contributed by atoms with E-state index in [-0.39, 0.29) is 5.91 Å². The summed E-state index contributed by atoms with van der Waals surface area (Å²) in [5.41, 5.74) is 4.61. The van der Waals surface area contributed by atoms with Crippen molar-refractivity contribution in [3.8, 4) is 5.75 Å². The van der Waals surface area contributed by atoms with Gasteiger partial charge in [0.1, 0.15) is 11.6 Å².